The third kappa shape index (κ3) is 7.72. The van der Waals surface area contributed by atoms with Crippen molar-refractivity contribution in [2.24, 2.45) is 11.7 Å². The fourth-order valence-electron chi connectivity index (χ4n) is 6.34. The number of halogens is 1. The van der Waals surface area contributed by atoms with E-state index in [0.29, 0.717) is 6.04 Å². The van der Waals surface area contributed by atoms with E-state index in [4.69, 9.17) is 17.3 Å². The number of likely N-dealkylation sites (tertiary alicyclic amines) is 1. The fraction of sp³-hybridized carbons (Fsp3) is 0.581. The zero-order valence-electron chi connectivity index (χ0n) is 23.8. The Morgan fingerprint density at radius 1 is 1.05 bits per heavy atom. The lowest BCUT2D eigenvalue weighted by Gasteiger charge is -2.39. The highest BCUT2D eigenvalue weighted by Gasteiger charge is 2.32. The lowest BCUT2D eigenvalue weighted by atomic mass is 9.88. The molecular weight excluding hydrogens is 540 g/mol. The van der Waals surface area contributed by atoms with Crippen molar-refractivity contribution in [2.45, 2.75) is 49.2 Å². The van der Waals surface area contributed by atoms with Gasteiger partial charge in [-0.2, -0.15) is 0 Å². The van der Waals surface area contributed by atoms with Crippen LogP contribution in [-0.2, 0) is 17.8 Å². The van der Waals surface area contributed by atoms with Crippen LogP contribution in [0, 0.1) is 5.92 Å². The van der Waals surface area contributed by atoms with E-state index in [1.54, 1.807) is 11.8 Å². The lowest BCUT2D eigenvalue weighted by molar-refractivity contribution is -0.136. The number of nitrogens with zero attached hydrogens (tertiary/aromatic N) is 3. The summed E-state index contributed by atoms with van der Waals surface area (Å²) in [6.45, 7) is 9.33. The third-order valence-corrected chi connectivity index (χ3v) is 9.95. The molecule has 218 valence electrons. The minimum atomic E-state index is -0.394. The third-order valence-electron chi connectivity index (χ3n) is 8.88. The number of thioether (sulfide) groups is 1. The summed E-state index contributed by atoms with van der Waals surface area (Å²) in [7, 11) is 0. The molecule has 3 heterocycles. The molecule has 0 aromatic heterocycles. The Labute approximate surface area is 249 Å². The minimum Gasteiger partial charge on any atom is -0.381 e. The first-order chi connectivity index (χ1) is 19.5. The summed E-state index contributed by atoms with van der Waals surface area (Å²) in [5.74, 6) is 0.396. The summed E-state index contributed by atoms with van der Waals surface area (Å²) in [6.07, 6.45) is 6.20. The first kappa shape index (κ1) is 29.7. The molecule has 3 aliphatic rings. The standard InChI is InChI=1S/C31H45ClN6OS/c1-40-29-5-3-2-4-25(29)22-37-16-18-38(19-17-37)31(39)30(33)23-9-13-36(14-10-23)15-11-24-20-26(32)6-7-28(24)35-27-8-12-34-21-27/h2-7,20,23,27,30,34-35H,8-19,21-22,33H2,1H3/t27-,30+/m0/s1. The van der Waals surface area contributed by atoms with E-state index in [-0.39, 0.29) is 11.8 Å². The zero-order valence-corrected chi connectivity index (χ0v) is 25.4. The van der Waals surface area contributed by atoms with Gasteiger partial charge < -0.3 is 26.2 Å². The number of amides is 1. The number of carbonyl (C=O) groups excluding carboxylic acids is 1. The van der Waals surface area contributed by atoms with Crippen molar-refractivity contribution in [1.29, 1.82) is 0 Å². The van der Waals surface area contributed by atoms with Crippen molar-refractivity contribution in [2.75, 3.05) is 70.5 Å². The van der Waals surface area contributed by atoms with Gasteiger partial charge in [-0.15, -0.1) is 11.8 Å². The van der Waals surface area contributed by atoms with Crippen molar-refractivity contribution in [3.8, 4) is 0 Å². The van der Waals surface area contributed by atoms with Crippen LogP contribution in [0.5, 0.6) is 0 Å². The summed E-state index contributed by atoms with van der Waals surface area (Å²) in [5, 5.41) is 7.92. The van der Waals surface area contributed by atoms with Gasteiger partial charge in [-0.3, -0.25) is 9.69 Å². The number of nitrogens with two attached hydrogens (primary N) is 1. The van der Waals surface area contributed by atoms with E-state index in [0.717, 1.165) is 96.2 Å². The Balaban J connectivity index is 1.05. The predicted octanol–water partition coefficient (Wildman–Crippen LogP) is 3.76. The van der Waals surface area contributed by atoms with Crippen LogP contribution in [0.2, 0.25) is 5.02 Å². The van der Waals surface area contributed by atoms with Crippen LogP contribution in [0.1, 0.15) is 30.4 Å². The number of hydrogen-bond donors (Lipinski definition) is 3. The highest BCUT2D eigenvalue weighted by molar-refractivity contribution is 7.98. The smallest absolute Gasteiger partial charge is 0.239 e. The van der Waals surface area contributed by atoms with Gasteiger partial charge in [0, 0.05) is 67.5 Å². The van der Waals surface area contributed by atoms with E-state index < -0.39 is 6.04 Å². The molecule has 1 amide bonds. The highest BCUT2D eigenvalue weighted by Crippen LogP contribution is 2.26. The quantitative estimate of drug-likeness (QED) is 0.367. The molecule has 2 atom stereocenters. The van der Waals surface area contributed by atoms with E-state index in [9.17, 15) is 4.79 Å². The molecule has 40 heavy (non-hydrogen) atoms. The maximum atomic E-state index is 13.3. The second-order valence-corrected chi connectivity index (χ2v) is 12.8. The van der Waals surface area contributed by atoms with Crippen molar-refractivity contribution in [3.63, 3.8) is 0 Å². The average Bonchev–Trinajstić information content (AvgIpc) is 3.51. The molecule has 4 N–H and O–H groups in total. The molecule has 0 radical (unpaired) electrons. The Kier molecular flexibility index (Phi) is 10.7. The van der Waals surface area contributed by atoms with Gasteiger partial charge in [0.05, 0.1) is 6.04 Å². The normalized spacial score (nSPS) is 22.0. The Hall–Kier alpha value is -1.81. The number of rotatable bonds is 10. The maximum Gasteiger partial charge on any atom is 0.239 e. The molecule has 0 spiro atoms. The van der Waals surface area contributed by atoms with Crippen LogP contribution in [0.3, 0.4) is 0 Å². The number of carbonyl (C=O) groups is 1. The summed E-state index contributed by atoms with van der Waals surface area (Å²) in [4.78, 5) is 21.6. The molecule has 3 saturated heterocycles. The van der Waals surface area contributed by atoms with Crippen molar-refractivity contribution < 1.29 is 4.79 Å². The minimum absolute atomic E-state index is 0.138. The van der Waals surface area contributed by atoms with E-state index in [1.807, 2.05) is 11.0 Å². The van der Waals surface area contributed by atoms with Gasteiger partial charge in [-0.05, 0) is 92.9 Å². The second-order valence-electron chi connectivity index (χ2n) is 11.5. The molecule has 5 rings (SSSR count). The van der Waals surface area contributed by atoms with Gasteiger partial charge in [0.2, 0.25) is 5.91 Å². The molecule has 0 saturated carbocycles. The molecule has 9 heteroatoms. The zero-order chi connectivity index (χ0) is 27.9. The SMILES string of the molecule is CSc1ccccc1CN1CCN(C(=O)[C@H](N)C2CCN(CCc3cc(Cl)ccc3N[C@H]3CCNC3)CC2)CC1. The summed E-state index contributed by atoms with van der Waals surface area (Å²) < 4.78 is 0. The summed E-state index contributed by atoms with van der Waals surface area (Å²) >= 11 is 8.15. The molecular formula is C31H45ClN6OS. The summed E-state index contributed by atoms with van der Waals surface area (Å²) in [5.41, 5.74) is 10.4. The molecule has 3 aliphatic heterocycles. The molecule has 3 fully saturated rings. The molecule has 2 aromatic carbocycles. The average molecular weight is 585 g/mol. The number of piperidine rings is 1. The summed E-state index contributed by atoms with van der Waals surface area (Å²) in [6, 6.07) is 14.9. The molecule has 2 aromatic rings. The Morgan fingerprint density at radius 2 is 1.82 bits per heavy atom. The lowest BCUT2D eigenvalue weighted by Crippen LogP contribution is -2.55. The van der Waals surface area contributed by atoms with Gasteiger partial charge in [0.25, 0.3) is 0 Å². The predicted molar refractivity (Wildman–Crippen MR) is 167 cm³/mol. The van der Waals surface area contributed by atoms with Gasteiger partial charge in [0.15, 0.2) is 0 Å². The van der Waals surface area contributed by atoms with Crippen LogP contribution >= 0.6 is 23.4 Å². The molecule has 7 nitrogen and oxygen atoms in total. The van der Waals surface area contributed by atoms with Crippen LogP contribution < -0.4 is 16.4 Å². The maximum absolute atomic E-state index is 13.3. The van der Waals surface area contributed by atoms with Gasteiger partial charge in [-0.25, -0.2) is 0 Å². The highest BCUT2D eigenvalue weighted by atomic mass is 35.5. The Bertz CT molecular complexity index is 1110. The van der Waals surface area contributed by atoms with E-state index in [1.165, 1.54) is 21.7 Å². The number of hydrogen-bond acceptors (Lipinski definition) is 7. The Morgan fingerprint density at radius 3 is 2.55 bits per heavy atom. The molecule has 0 aliphatic carbocycles. The van der Waals surface area contributed by atoms with Gasteiger partial charge >= 0.3 is 0 Å². The van der Waals surface area contributed by atoms with Gasteiger partial charge in [-0.1, -0.05) is 29.8 Å². The number of nitrogens with one attached hydrogen (secondary N) is 2. The van der Waals surface area contributed by atoms with Crippen LogP contribution in [0.4, 0.5) is 5.69 Å². The molecule has 0 unspecified atom stereocenters. The topological polar surface area (TPSA) is 76.9 Å². The van der Waals surface area contributed by atoms with Crippen LogP contribution in [0.25, 0.3) is 0 Å². The van der Waals surface area contributed by atoms with Crippen molar-refractivity contribution in [3.05, 3.63) is 58.6 Å². The van der Waals surface area contributed by atoms with E-state index in [2.05, 4.69) is 63.1 Å². The van der Waals surface area contributed by atoms with Gasteiger partial charge in [0.1, 0.15) is 0 Å². The monoisotopic (exact) mass is 584 g/mol. The number of anilines is 1. The van der Waals surface area contributed by atoms with E-state index >= 15 is 0 Å². The number of benzene rings is 2. The van der Waals surface area contributed by atoms with Crippen LogP contribution in [0.15, 0.2) is 47.4 Å². The first-order valence-corrected chi connectivity index (χ1v) is 16.5. The van der Waals surface area contributed by atoms with Crippen molar-refractivity contribution in [1.82, 2.24) is 20.0 Å². The van der Waals surface area contributed by atoms with Crippen molar-refractivity contribution >= 4 is 35.0 Å². The molecule has 0 bridgehead atoms. The first-order valence-electron chi connectivity index (χ1n) is 14.9. The number of piperazine rings is 1. The second kappa shape index (κ2) is 14.4. The largest absolute Gasteiger partial charge is 0.381 e. The van der Waals surface area contributed by atoms with Crippen LogP contribution in [-0.4, -0.2) is 97.8 Å². The fourth-order valence-corrected chi connectivity index (χ4v) is 7.14.